The lowest BCUT2D eigenvalue weighted by atomic mass is 9.83. The molecule has 0 spiro atoms. The first-order valence-electron chi connectivity index (χ1n) is 13.4. The van der Waals surface area contributed by atoms with Gasteiger partial charge >= 0.3 is 6.18 Å². The van der Waals surface area contributed by atoms with Gasteiger partial charge in [-0.3, -0.25) is 14.5 Å². The number of anilines is 1. The topological polar surface area (TPSA) is 55.9 Å². The number of alkyl halides is 3. The molecule has 0 radical (unpaired) electrons. The van der Waals surface area contributed by atoms with E-state index in [0.29, 0.717) is 24.7 Å². The van der Waals surface area contributed by atoms with Crippen molar-refractivity contribution in [2.24, 2.45) is 11.8 Å². The largest absolute Gasteiger partial charge is 0.416 e. The second kappa shape index (κ2) is 11.8. The normalized spacial score (nSPS) is 24.6. The number of hydrogen-bond acceptors (Lipinski definition) is 4. The second-order valence-corrected chi connectivity index (χ2v) is 10.7. The van der Waals surface area contributed by atoms with E-state index >= 15 is 0 Å². The SMILES string of the molecule is CC(=O)N1CCC(C(=O)N[C@H]2CC[C@H](CCN3CCN(c4cccc(C(F)(F)F)c4)CC3)CC2)CC1. The highest BCUT2D eigenvalue weighted by Crippen LogP contribution is 2.32. The van der Waals surface area contributed by atoms with Crippen molar-refractivity contribution >= 4 is 17.5 Å². The lowest BCUT2D eigenvalue weighted by Crippen LogP contribution is -2.47. The minimum atomic E-state index is -4.31. The van der Waals surface area contributed by atoms with Gasteiger partial charge in [0.05, 0.1) is 5.56 Å². The van der Waals surface area contributed by atoms with Crippen LogP contribution in [0.4, 0.5) is 18.9 Å². The van der Waals surface area contributed by atoms with E-state index in [1.807, 2.05) is 9.80 Å². The Labute approximate surface area is 212 Å². The molecule has 0 bridgehead atoms. The van der Waals surface area contributed by atoms with Crippen molar-refractivity contribution in [2.75, 3.05) is 50.7 Å². The highest BCUT2D eigenvalue weighted by molar-refractivity contribution is 5.79. The molecule has 3 fully saturated rings. The van der Waals surface area contributed by atoms with Gasteiger partial charge in [-0.1, -0.05) is 6.07 Å². The lowest BCUT2D eigenvalue weighted by molar-refractivity contribution is -0.137. The number of piperazine rings is 1. The van der Waals surface area contributed by atoms with E-state index in [-0.39, 0.29) is 23.8 Å². The summed E-state index contributed by atoms with van der Waals surface area (Å²) >= 11 is 0. The molecule has 36 heavy (non-hydrogen) atoms. The predicted molar refractivity (Wildman–Crippen MR) is 134 cm³/mol. The Kier molecular flexibility index (Phi) is 8.80. The monoisotopic (exact) mass is 508 g/mol. The fourth-order valence-electron chi connectivity index (χ4n) is 5.84. The molecular formula is C27H39F3N4O2. The van der Waals surface area contributed by atoms with Crippen LogP contribution in [-0.4, -0.2) is 73.5 Å². The molecule has 200 valence electrons. The average molecular weight is 509 g/mol. The third kappa shape index (κ3) is 7.14. The highest BCUT2D eigenvalue weighted by Gasteiger charge is 2.32. The Morgan fingerprint density at radius 3 is 2.22 bits per heavy atom. The quantitative estimate of drug-likeness (QED) is 0.627. The molecule has 2 heterocycles. The van der Waals surface area contributed by atoms with Crippen LogP contribution < -0.4 is 10.2 Å². The molecule has 1 aromatic carbocycles. The van der Waals surface area contributed by atoms with Crippen molar-refractivity contribution in [1.29, 1.82) is 0 Å². The van der Waals surface area contributed by atoms with Gasteiger partial charge < -0.3 is 15.1 Å². The standard InChI is InChI=1S/C27H39F3N4O2/c1-20(35)33-13-10-22(11-14-33)26(36)31-24-7-5-21(6-8-24)9-12-32-15-17-34(18-16-32)25-4-2-3-23(19-25)27(28,29)30/h2-4,19,21-22,24H,5-18H2,1H3,(H,31,36)/t21-,24-. The average Bonchev–Trinajstić information content (AvgIpc) is 2.88. The Bertz CT molecular complexity index is 885. The number of nitrogens with zero attached hydrogens (tertiary/aromatic N) is 3. The van der Waals surface area contributed by atoms with E-state index in [1.54, 1.807) is 13.0 Å². The second-order valence-electron chi connectivity index (χ2n) is 10.7. The Morgan fingerprint density at radius 1 is 0.944 bits per heavy atom. The van der Waals surface area contributed by atoms with Crippen LogP contribution >= 0.6 is 0 Å². The number of hydrogen-bond donors (Lipinski definition) is 1. The first kappa shape index (κ1) is 26.8. The predicted octanol–water partition coefficient (Wildman–Crippen LogP) is 4.15. The third-order valence-corrected chi connectivity index (χ3v) is 8.27. The van der Waals surface area contributed by atoms with Gasteiger partial charge in [-0.15, -0.1) is 0 Å². The van der Waals surface area contributed by atoms with Crippen LogP contribution in [-0.2, 0) is 15.8 Å². The van der Waals surface area contributed by atoms with Crippen LogP contribution in [0.3, 0.4) is 0 Å². The molecule has 6 nitrogen and oxygen atoms in total. The van der Waals surface area contributed by atoms with Crippen molar-refractivity contribution in [3.05, 3.63) is 29.8 Å². The summed E-state index contributed by atoms with van der Waals surface area (Å²) in [7, 11) is 0. The van der Waals surface area contributed by atoms with E-state index in [0.717, 1.165) is 83.7 Å². The van der Waals surface area contributed by atoms with Crippen LogP contribution in [0, 0.1) is 11.8 Å². The zero-order chi connectivity index (χ0) is 25.7. The van der Waals surface area contributed by atoms with Crippen molar-refractivity contribution in [3.8, 4) is 0 Å². The summed E-state index contributed by atoms with van der Waals surface area (Å²) in [6, 6.07) is 5.88. The zero-order valence-electron chi connectivity index (χ0n) is 21.2. The van der Waals surface area contributed by atoms with Gasteiger partial charge in [0.25, 0.3) is 0 Å². The van der Waals surface area contributed by atoms with Crippen LogP contribution in [0.2, 0.25) is 0 Å². The smallest absolute Gasteiger partial charge is 0.369 e. The van der Waals surface area contributed by atoms with Gasteiger partial charge in [-0.25, -0.2) is 0 Å². The van der Waals surface area contributed by atoms with Gasteiger partial charge in [0, 0.05) is 63.8 Å². The molecule has 0 atom stereocenters. The number of piperidine rings is 1. The number of nitrogens with one attached hydrogen (secondary N) is 1. The van der Waals surface area contributed by atoms with E-state index in [2.05, 4.69) is 10.2 Å². The van der Waals surface area contributed by atoms with Gasteiger partial charge in [0.15, 0.2) is 0 Å². The Hall–Kier alpha value is -2.29. The minimum Gasteiger partial charge on any atom is -0.369 e. The highest BCUT2D eigenvalue weighted by atomic mass is 19.4. The summed E-state index contributed by atoms with van der Waals surface area (Å²) in [5.74, 6) is 0.927. The Morgan fingerprint density at radius 2 is 1.61 bits per heavy atom. The van der Waals surface area contributed by atoms with Crippen LogP contribution in [0.15, 0.2) is 24.3 Å². The van der Waals surface area contributed by atoms with E-state index < -0.39 is 11.7 Å². The summed E-state index contributed by atoms with van der Waals surface area (Å²) in [5, 5.41) is 3.26. The van der Waals surface area contributed by atoms with E-state index in [1.165, 1.54) is 12.1 Å². The number of carbonyl (C=O) groups excluding carboxylic acids is 2. The molecule has 1 aromatic rings. The lowest BCUT2D eigenvalue weighted by Gasteiger charge is -2.37. The third-order valence-electron chi connectivity index (χ3n) is 8.27. The molecule has 3 aliphatic rings. The number of rotatable bonds is 6. The van der Waals surface area contributed by atoms with Crippen LogP contribution in [0.5, 0.6) is 0 Å². The van der Waals surface area contributed by atoms with Gasteiger partial charge in [0.2, 0.25) is 11.8 Å². The maximum absolute atomic E-state index is 13.0. The summed E-state index contributed by atoms with van der Waals surface area (Å²) < 4.78 is 39.1. The summed E-state index contributed by atoms with van der Waals surface area (Å²) in [6.07, 6.45) is 2.61. The van der Waals surface area contributed by atoms with Gasteiger partial charge in [-0.05, 0) is 75.6 Å². The molecule has 4 rings (SSSR count). The van der Waals surface area contributed by atoms with E-state index in [9.17, 15) is 22.8 Å². The molecule has 2 saturated heterocycles. The molecular weight excluding hydrogens is 469 g/mol. The van der Waals surface area contributed by atoms with Gasteiger partial charge in [-0.2, -0.15) is 13.2 Å². The summed E-state index contributed by atoms with van der Waals surface area (Å²) in [6.45, 7) is 7.17. The van der Waals surface area contributed by atoms with Crippen molar-refractivity contribution < 1.29 is 22.8 Å². The molecule has 0 unspecified atom stereocenters. The molecule has 9 heteroatoms. The first-order chi connectivity index (χ1) is 17.2. The summed E-state index contributed by atoms with van der Waals surface area (Å²) in [4.78, 5) is 30.4. The van der Waals surface area contributed by atoms with Crippen molar-refractivity contribution in [3.63, 3.8) is 0 Å². The Balaban J connectivity index is 1.12. The number of amides is 2. The number of likely N-dealkylation sites (tertiary alicyclic amines) is 1. The van der Waals surface area contributed by atoms with Crippen molar-refractivity contribution in [2.45, 2.75) is 64.1 Å². The van der Waals surface area contributed by atoms with Gasteiger partial charge in [0.1, 0.15) is 0 Å². The fraction of sp³-hybridized carbons (Fsp3) is 0.704. The molecule has 1 aliphatic carbocycles. The van der Waals surface area contributed by atoms with E-state index in [4.69, 9.17) is 0 Å². The van der Waals surface area contributed by atoms with Crippen molar-refractivity contribution in [1.82, 2.24) is 15.1 Å². The number of halogens is 3. The first-order valence-corrected chi connectivity index (χ1v) is 13.4. The maximum atomic E-state index is 13.0. The van der Waals surface area contributed by atoms with Crippen LogP contribution in [0.1, 0.15) is 57.4 Å². The molecule has 2 aliphatic heterocycles. The zero-order valence-corrected chi connectivity index (χ0v) is 21.2. The maximum Gasteiger partial charge on any atom is 0.416 e. The summed E-state index contributed by atoms with van der Waals surface area (Å²) in [5.41, 5.74) is 0.0573. The van der Waals surface area contributed by atoms with Crippen LogP contribution in [0.25, 0.3) is 0 Å². The molecule has 2 amide bonds. The molecule has 0 aromatic heterocycles. The fourth-order valence-corrected chi connectivity index (χ4v) is 5.84. The number of benzene rings is 1. The molecule has 1 saturated carbocycles. The molecule has 1 N–H and O–H groups in total. The minimum absolute atomic E-state index is 0.0212. The number of carbonyl (C=O) groups is 2.